The number of aromatic hydroxyl groups is 1. The highest BCUT2D eigenvalue weighted by atomic mass is 32.2. The number of nitrogens with zero attached hydrogens (tertiary/aromatic N) is 3. The van der Waals surface area contributed by atoms with Crippen LogP contribution in [0.25, 0.3) is 10.9 Å². The van der Waals surface area contributed by atoms with Crippen molar-refractivity contribution in [2.75, 3.05) is 53.1 Å². The number of para-hydroxylation sites is 1. The number of fused-ring (bicyclic) bond motifs is 3. The van der Waals surface area contributed by atoms with Gasteiger partial charge in [-0.1, -0.05) is 60.4 Å². The van der Waals surface area contributed by atoms with E-state index in [0.29, 0.717) is 63.2 Å². The molecule has 6 unspecified atom stereocenters. The molecule has 8 rings (SSSR count). The van der Waals surface area contributed by atoms with Gasteiger partial charge < -0.3 is 44.5 Å². The third kappa shape index (κ3) is 10.7. The van der Waals surface area contributed by atoms with E-state index in [1.165, 1.54) is 11.0 Å². The first-order valence-corrected chi connectivity index (χ1v) is 26.6. The lowest BCUT2D eigenvalue weighted by molar-refractivity contribution is -0.142. The number of likely N-dealkylation sites (tertiary alicyclic amines) is 2. The lowest BCUT2D eigenvalue weighted by atomic mass is 9.84. The molecular formula is C48H69N6O11PS. The summed E-state index contributed by atoms with van der Waals surface area (Å²) >= 11 is 0. The number of methoxy groups -OCH3 is 1. The Morgan fingerprint density at radius 2 is 1.84 bits per heavy atom. The molecule has 0 spiro atoms. The smallest absolute Gasteiger partial charge is 0.408 e. The first-order valence-electron chi connectivity index (χ1n) is 24.0. The van der Waals surface area contributed by atoms with Gasteiger partial charge in [-0.3, -0.25) is 19.1 Å². The predicted octanol–water partition coefficient (Wildman–Crippen LogP) is 4.59. The van der Waals surface area contributed by atoms with Crippen molar-refractivity contribution in [3.05, 3.63) is 42.5 Å². The van der Waals surface area contributed by atoms with Crippen LogP contribution in [0.4, 0.5) is 4.79 Å². The van der Waals surface area contributed by atoms with E-state index in [1.807, 2.05) is 45.0 Å². The zero-order chi connectivity index (χ0) is 47.9. The molecule has 2 saturated carbocycles. The van der Waals surface area contributed by atoms with Gasteiger partial charge in [0.1, 0.15) is 35.3 Å². The van der Waals surface area contributed by atoms with E-state index in [1.54, 1.807) is 14.0 Å². The molecule has 4 aliphatic heterocycles. The van der Waals surface area contributed by atoms with E-state index in [2.05, 4.69) is 31.8 Å². The van der Waals surface area contributed by atoms with Crippen LogP contribution in [-0.4, -0.2) is 145 Å². The van der Waals surface area contributed by atoms with Crippen molar-refractivity contribution in [1.29, 1.82) is 0 Å². The molecular weight excluding hydrogens is 900 g/mol. The van der Waals surface area contributed by atoms with Crippen LogP contribution in [0, 0.1) is 23.2 Å². The van der Waals surface area contributed by atoms with Crippen molar-refractivity contribution in [2.24, 2.45) is 23.2 Å². The van der Waals surface area contributed by atoms with E-state index in [9.17, 15) is 32.7 Å². The molecule has 1 aromatic heterocycles. The summed E-state index contributed by atoms with van der Waals surface area (Å²) in [6, 6.07) is 5.86. The zero-order valence-corrected chi connectivity index (χ0v) is 41.3. The third-order valence-corrected chi connectivity index (χ3v) is 18.7. The number of carbonyl (C=O) groups excluding carboxylic acids is 4. The van der Waals surface area contributed by atoms with Crippen LogP contribution >= 0.6 is 8.58 Å². The number of carbonyl (C=O) groups is 4. The Kier molecular flexibility index (Phi) is 14.5. The van der Waals surface area contributed by atoms with Crippen molar-refractivity contribution in [3.63, 3.8) is 0 Å². The number of aromatic nitrogens is 1. The highest BCUT2D eigenvalue weighted by Crippen LogP contribution is 2.59. The van der Waals surface area contributed by atoms with Crippen LogP contribution in [-0.2, 0) is 45.0 Å². The highest BCUT2D eigenvalue weighted by Gasteiger charge is 2.63. The summed E-state index contributed by atoms with van der Waals surface area (Å²) in [7, 11) is -2.32. The molecule has 67 heavy (non-hydrogen) atoms. The SMILES string of the molecule is C=CC1PC1(NC(=O)[C@@H]1CCCN1C(=O)[C@@H](NC(=O)OC1C[C@H]1CCCCCc1c(O)nc2ccccc2c1OC1C2COCC1CN(CCOC)C2)C(C)(C)C)C(=O)NS(=O)(=O)C1(C)CC1. The van der Waals surface area contributed by atoms with Gasteiger partial charge in [-0.25, -0.2) is 18.2 Å². The zero-order valence-electron chi connectivity index (χ0n) is 39.5. The normalized spacial score (nSPS) is 29.4. The number of unbranched alkanes of at least 4 members (excludes halogenated alkanes) is 2. The fourth-order valence-electron chi connectivity index (χ4n) is 10.1. The van der Waals surface area contributed by atoms with Gasteiger partial charge in [0, 0.05) is 56.2 Å². The Morgan fingerprint density at radius 1 is 1.10 bits per heavy atom. The second kappa shape index (κ2) is 19.7. The summed E-state index contributed by atoms with van der Waals surface area (Å²) in [6.45, 7) is 15.6. The number of alkyl carbamates (subject to hydrolysis) is 1. The second-order valence-electron chi connectivity index (χ2n) is 20.9. The van der Waals surface area contributed by atoms with Crippen molar-refractivity contribution < 1.29 is 51.6 Å². The lowest BCUT2D eigenvalue weighted by Crippen LogP contribution is -2.60. The molecule has 17 nitrogen and oxygen atoms in total. The number of piperidine rings is 1. The van der Waals surface area contributed by atoms with Gasteiger partial charge >= 0.3 is 6.09 Å². The number of pyridine rings is 1. The number of benzene rings is 1. The van der Waals surface area contributed by atoms with E-state index in [4.69, 9.17) is 18.9 Å². The van der Waals surface area contributed by atoms with Gasteiger partial charge in [-0.2, -0.15) is 0 Å². The first-order chi connectivity index (χ1) is 31.9. The van der Waals surface area contributed by atoms with Crippen molar-refractivity contribution in [2.45, 2.75) is 132 Å². The van der Waals surface area contributed by atoms with Crippen molar-refractivity contribution in [3.8, 4) is 11.6 Å². The minimum Gasteiger partial charge on any atom is -0.493 e. The van der Waals surface area contributed by atoms with Crippen LogP contribution < -0.4 is 20.1 Å². The number of amides is 4. The number of hydrogen-bond donors (Lipinski definition) is 4. The number of hydrogen-bond acceptors (Lipinski definition) is 13. The molecule has 9 atom stereocenters. The fraction of sp³-hybridized carbons (Fsp3) is 0.688. The van der Waals surface area contributed by atoms with E-state index < -0.39 is 67.0 Å². The Hall–Kier alpha value is -4.09. The first kappa shape index (κ1) is 49.3. The quantitative estimate of drug-likeness (QED) is 0.0813. The van der Waals surface area contributed by atoms with Crippen LogP contribution in [0.2, 0.25) is 0 Å². The van der Waals surface area contributed by atoms with Gasteiger partial charge in [0.2, 0.25) is 27.7 Å². The summed E-state index contributed by atoms with van der Waals surface area (Å²) < 4.78 is 51.1. The van der Waals surface area contributed by atoms with Gasteiger partial charge in [0.15, 0.2) is 0 Å². The van der Waals surface area contributed by atoms with Gasteiger partial charge in [0.25, 0.3) is 5.91 Å². The van der Waals surface area contributed by atoms with E-state index >= 15 is 0 Å². The molecule has 2 aromatic rings. The lowest BCUT2D eigenvalue weighted by Gasteiger charge is -2.46. The van der Waals surface area contributed by atoms with Crippen molar-refractivity contribution >= 4 is 53.3 Å². The Labute approximate surface area is 396 Å². The summed E-state index contributed by atoms with van der Waals surface area (Å²) in [5.74, 6) is -0.488. The maximum absolute atomic E-state index is 14.2. The Morgan fingerprint density at radius 3 is 2.51 bits per heavy atom. The molecule has 2 bridgehead atoms. The topological polar surface area (TPSA) is 215 Å². The molecule has 4 amide bonds. The molecule has 1 aromatic carbocycles. The van der Waals surface area contributed by atoms with E-state index in [0.717, 1.165) is 62.7 Å². The molecule has 0 radical (unpaired) electrons. The molecule has 5 heterocycles. The average molecular weight is 969 g/mol. The predicted molar refractivity (Wildman–Crippen MR) is 253 cm³/mol. The molecule has 2 aliphatic carbocycles. The molecule has 6 aliphatic rings. The summed E-state index contributed by atoms with van der Waals surface area (Å²) in [4.78, 5) is 63.3. The van der Waals surface area contributed by atoms with Gasteiger partial charge in [0.05, 0.1) is 35.6 Å². The standard InChI is InChI=1S/C48H69N6O11PS/c1-7-37-48(66-37,44(58)52-67(60,61)47(5)19-20-47)51-42(56)35-18-13-21-54(35)43(57)40(46(2,3)4)50-45(59)64-36-24-29(36)14-9-8-10-16-33-39(32-15-11-12-17-34(32)49-41(33)55)65-38-30-25-53(22-23-62-6)26-31(38)28-63-27-30/h7,11-12,15,17,29-31,35-38,40,66H,1,8-10,13-14,16,18-28H2,2-6H3,(H,49,55)(H,50,59)(H,51,56)(H,52,58)/t29-,30?,31?,35+,36?,37?,38?,40-,48?/m1/s1. The third-order valence-electron chi connectivity index (χ3n) is 14.7. The maximum Gasteiger partial charge on any atom is 0.408 e. The van der Waals surface area contributed by atoms with Crippen LogP contribution in [0.1, 0.15) is 91.0 Å². The van der Waals surface area contributed by atoms with Gasteiger partial charge in [-0.15, -0.1) is 6.58 Å². The number of ether oxygens (including phenoxy) is 4. The van der Waals surface area contributed by atoms with E-state index in [-0.39, 0.29) is 51.0 Å². The Balaban J connectivity index is 0.817. The van der Waals surface area contributed by atoms with Crippen LogP contribution in [0.5, 0.6) is 11.6 Å². The fourth-order valence-corrected chi connectivity index (χ4v) is 12.7. The number of sulfonamides is 1. The Bertz CT molecular complexity index is 2310. The maximum atomic E-state index is 14.2. The average Bonchev–Trinajstić information content (AvgIpc) is 4.24. The molecule has 368 valence electrons. The molecule has 6 fully saturated rings. The minimum absolute atomic E-state index is 0.00372. The number of nitrogens with one attached hydrogen (secondary N) is 3. The second-order valence-corrected chi connectivity index (χ2v) is 24.8. The molecule has 4 saturated heterocycles. The van der Waals surface area contributed by atoms with Gasteiger partial charge in [-0.05, 0) is 81.8 Å². The van der Waals surface area contributed by atoms with Crippen LogP contribution in [0.15, 0.2) is 36.9 Å². The number of rotatable bonds is 20. The molecule has 19 heteroatoms. The molecule has 4 N–H and O–H groups in total. The highest BCUT2D eigenvalue weighted by molar-refractivity contribution is 7.91. The minimum atomic E-state index is -3.94. The largest absolute Gasteiger partial charge is 0.493 e. The van der Waals surface area contributed by atoms with Crippen molar-refractivity contribution in [1.82, 2.24) is 30.1 Å². The summed E-state index contributed by atoms with van der Waals surface area (Å²) in [5.41, 5.74) is 0.235. The summed E-state index contributed by atoms with van der Waals surface area (Å²) in [6.07, 6.45) is 7.10. The van der Waals surface area contributed by atoms with Crippen LogP contribution in [0.3, 0.4) is 0 Å². The monoisotopic (exact) mass is 968 g/mol. The summed E-state index contributed by atoms with van der Waals surface area (Å²) in [5, 5.41) is 16.3.